The Balaban J connectivity index is 1.37. The number of piperidine rings is 2. The minimum absolute atomic E-state index is 0.167. The maximum Gasteiger partial charge on any atom is 0.0146 e. The number of rotatable bonds is 6. The van der Waals surface area contributed by atoms with E-state index in [2.05, 4.69) is 71.6 Å². The highest BCUT2D eigenvalue weighted by Crippen LogP contribution is 2.69. The SMILES string of the molecule is PCC1(C2C=C(c3ccccc3)C=C2C(P)(C2CCCNC2)C2CCCNC2)C2CC3CC(C2)CC1C3. The number of hydrogen-bond acceptors (Lipinski definition) is 2. The van der Waals surface area contributed by atoms with Crippen LogP contribution in [0.1, 0.15) is 63.4 Å². The second-order valence-corrected chi connectivity index (χ2v) is 15.1. The van der Waals surface area contributed by atoms with Gasteiger partial charge in [-0.15, -0.1) is 18.5 Å². The molecule has 5 aliphatic carbocycles. The van der Waals surface area contributed by atoms with Crippen molar-refractivity contribution in [3.63, 3.8) is 0 Å². The molecule has 4 bridgehead atoms. The van der Waals surface area contributed by atoms with Crippen molar-refractivity contribution in [2.45, 2.75) is 62.9 Å². The number of benzene rings is 1. The zero-order valence-corrected chi connectivity index (χ0v) is 24.9. The van der Waals surface area contributed by atoms with Crippen LogP contribution >= 0.6 is 18.5 Å². The molecule has 7 aliphatic rings. The standard InChI is InChI=1S/C33H48N2P2/c36-21-32(28-13-22-12-23(15-28)16-29(32)14-22)30-17-25(24-6-2-1-3-7-24)18-31(30)33(37,26-8-4-10-34-19-26)27-9-5-11-35-20-27/h1-3,6-7,17-18,22-23,26-30,34-35H,4-5,8-16,19-21,36-37H2. The van der Waals surface area contributed by atoms with Crippen molar-refractivity contribution < 1.29 is 0 Å². The Morgan fingerprint density at radius 3 is 1.95 bits per heavy atom. The van der Waals surface area contributed by atoms with Gasteiger partial charge in [0.25, 0.3) is 0 Å². The van der Waals surface area contributed by atoms with Crippen LogP contribution < -0.4 is 10.6 Å². The van der Waals surface area contributed by atoms with Crippen LogP contribution in [0.5, 0.6) is 0 Å². The number of nitrogens with one attached hydrogen (secondary N) is 2. The molecule has 0 radical (unpaired) electrons. The fraction of sp³-hybridized carbons (Fsp3) is 0.697. The van der Waals surface area contributed by atoms with Gasteiger partial charge in [0.15, 0.2) is 0 Å². The van der Waals surface area contributed by atoms with E-state index in [-0.39, 0.29) is 5.16 Å². The monoisotopic (exact) mass is 534 g/mol. The molecule has 0 aromatic heterocycles. The fourth-order valence-electron chi connectivity index (χ4n) is 10.6. The lowest BCUT2D eigenvalue weighted by Crippen LogP contribution is -2.60. The lowest BCUT2D eigenvalue weighted by Gasteiger charge is -2.65. The van der Waals surface area contributed by atoms with Gasteiger partial charge < -0.3 is 10.6 Å². The Morgan fingerprint density at radius 1 is 0.838 bits per heavy atom. The summed E-state index contributed by atoms with van der Waals surface area (Å²) in [4.78, 5) is 0. The van der Waals surface area contributed by atoms with Crippen molar-refractivity contribution in [3.05, 3.63) is 53.6 Å². The van der Waals surface area contributed by atoms with Gasteiger partial charge in [0, 0.05) is 11.1 Å². The Hall–Kier alpha value is -0.520. The summed E-state index contributed by atoms with van der Waals surface area (Å²) >= 11 is 0. The first kappa shape index (κ1) is 25.4. The molecule has 5 unspecified atom stereocenters. The summed E-state index contributed by atoms with van der Waals surface area (Å²) in [5, 5.41) is 7.83. The maximum absolute atomic E-state index is 3.83. The van der Waals surface area contributed by atoms with Gasteiger partial charge in [-0.05, 0) is 142 Å². The van der Waals surface area contributed by atoms with Gasteiger partial charge in [-0.2, -0.15) is 0 Å². The third-order valence-corrected chi connectivity index (χ3v) is 14.1. The average molecular weight is 535 g/mol. The van der Waals surface area contributed by atoms with Crippen molar-refractivity contribution >= 4 is 24.1 Å². The molecule has 2 aliphatic heterocycles. The molecule has 0 amide bonds. The highest BCUT2D eigenvalue weighted by Gasteiger charge is 2.62. The Kier molecular flexibility index (Phi) is 6.98. The molecule has 8 rings (SSSR count). The predicted molar refractivity (Wildman–Crippen MR) is 164 cm³/mol. The van der Waals surface area contributed by atoms with Crippen LogP contribution in [-0.2, 0) is 0 Å². The molecule has 5 atom stereocenters. The smallest absolute Gasteiger partial charge is 0.0146 e. The van der Waals surface area contributed by atoms with Crippen LogP contribution in [0.25, 0.3) is 5.57 Å². The molecule has 2 heterocycles. The summed E-state index contributed by atoms with van der Waals surface area (Å²) in [5.41, 5.74) is 5.15. The Morgan fingerprint density at radius 2 is 1.43 bits per heavy atom. The molecular formula is C33H48N2P2. The topological polar surface area (TPSA) is 24.1 Å². The van der Waals surface area contributed by atoms with Crippen LogP contribution in [0.4, 0.5) is 0 Å². The van der Waals surface area contributed by atoms with Crippen LogP contribution in [-0.4, -0.2) is 37.5 Å². The second kappa shape index (κ2) is 10.1. The van der Waals surface area contributed by atoms with E-state index in [1.807, 2.05) is 0 Å². The van der Waals surface area contributed by atoms with Crippen molar-refractivity contribution in [1.29, 1.82) is 0 Å². The van der Waals surface area contributed by atoms with Crippen molar-refractivity contribution in [1.82, 2.24) is 10.6 Å². The first-order valence-electron chi connectivity index (χ1n) is 15.5. The summed E-state index contributed by atoms with van der Waals surface area (Å²) in [7, 11) is 6.92. The molecule has 2 saturated heterocycles. The molecule has 6 fully saturated rings. The summed E-state index contributed by atoms with van der Waals surface area (Å²) < 4.78 is 0. The fourth-order valence-corrected chi connectivity index (χ4v) is 12.3. The summed E-state index contributed by atoms with van der Waals surface area (Å²) in [5.74, 6) is 5.83. The van der Waals surface area contributed by atoms with Gasteiger partial charge in [0.05, 0.1) is 0 Å². The van der Waals surface area contributed by atoms with Crippen LogP contribution in [0.3, 0.4) is 0 Å². The normalized spacial score (nSPS) is 42.8. The van der Waals surface area contributed by atoms with Gasteiger partial charge >= 0.3 is 0 Å². The van der Waals surface area contributed by atoms with Gasteiger partial charge in [0.2, 0.25) is 0 Å². The maximum atomic E-state index is 3.83. The Labute approximate surface area is 230 Å². The second-order valence-electron chi connectivity index (χ2n) is 13.7. The Bertz CT molecular complexity index is 988. The van der Waals surface area contributed by atoms with E-state index in [9.17, 15) is 0 Å². The summed E-state index contributed by atoms with van der Waals surface area (Å²) in [6.07, 6.45) is 19.7. The molecule has 200 valence electrons. The summed E-state index contributed by atoms with van der Waals surface area (Å²) in [6, 6.07) is 11.3. The molecule has 1 aromatic rings. The van der Waals surface area contributed by atoms with Gasteiger partial charge in [0.1, 0.15) is 0 Å². The van der Waals surface area contributed by atoms with E-state index in [4.69, 9.17) is 0 Å². The first-order valence-corrected chi connectivity index (χ1v) is 16.9. The van der Waals surface area contributed by atoms with E-state index >= 15 is 0 Å². The zero-order chi connectivity index (χ0) is 25.0. The minimum atomic E-state index is 0.167. The average Bonchev–Trinajstić information content (AvgIpc) is 3.41. The van der Waals surface area contributed by atoms with E-state index in [1.54, 1.807) is 5.57 Å². The minimum Gasteiger partial charge on any atom is -0.316 e. The van der Waals surface area contributed by atoms with Crippen LogP contribution in [0.15, 0.2) is 48.1 Å². The molecule has 4 heteroatoms. The number of allylic oxidation sites excluding steroid dienone is 4. The zero-order valence-electron chi connectivity index (χ0n) is 22.6. The molecule has 2 nitrogen and oxygen atoms in total. The number of hydrogen-bond donors (Lipinski definition) is 2. The van der Waals surface area contributed by atoms with Crippen molar-refractivity contribution in [3.8, 4) is 0 Å². The highest BCUT2D eigenvalue weighted by atomic mass is 31.0. The van der Waals surface area contributed by atoms with Crippen LogP contribution in [0.2, 0.25) is 0 Å². The van der Waals surface area contributed by atoms with Crippen molar-refractivity contribution in [2.24, 2.45) is 46.8 Å². The first-order chi connectivity index (χ1) is 18.1. The molecule has 0 spiro atoms. The molecular weight excluding hydrogens is 486 g/mol. The van der Waals surface area contributed by atoms with Crippen LogP contribution in [0, 0.1) is 46.8 Å². The third-order valence-electron chi connectivity index (χ3n) is 12.1. The lowest BCUT2D eigenvalue weighted by atomic mass is 9.42. The van der Waals surface area contributed by atoms with E-state index in [0.717, 1.165) is 23.7 Å². The highest BCUT2D eigenvalue weighted by molar-refractivity contribution is 7.19. The van der Waals surface area contributed by atoms with Gasteiger partial charge in [-0.25, -0.2) is 0 Å². The molecule has 2 N–H and O–H groups in total. The van der Waals surface area contributed by atoms with Crippen molar-refractivity contribution in [2.75, 3.05) is 32.3 Å². The summed E-state index contributed by atoms with van der Waals surface area (Å²) in [6.45, 7) is 4.74. The predicted octanol–water partition coefficient (Wildman–Crippen LogP) is 6.56. The van der Waals surface area contributed by atoms with Gasteiger partial charge in [-0.1, -0.05) is 48.1 Å². The van der Waals surface area contributed by atoms with Gasteiger partial charge in [-0.3, -0.25) is 0 Å². The third kappa shape index (κ3) is 4.10. The largest absolute Gasteiger partial charge is 0.316 e. The lowest BCUT2D eigenvalue weighted by molar-refractivity contribution is -0.112. The van der Waals surface area contributed by atoms with E-state index < -0.39 is 0 Å². The molecule has 4 saturated carbocycles. The molecule has 1 aromatic carbocycles. The van der Waals surface area contributed by atoms with E-state index in [0.29, 0.717) is 23.2 Å². The molecule has 37 heavy (non-hydrogen) atoms. The van der Waals surface area contributed by atoms with E-state index in [1.165, 1.54) is 101 Å². The quantitative estimate of drug-likeness (QED) is 0.404.